The first-order chi connectivity index (χ1) is 13.7. The Morgan fingerprint density at radius 3 is 1.93 bits per heavy atom. The first kappa shape index (κ1) is 17.6. The zero-order chi connectivity index (χ0) is 19.3. The van der Waals surface area contributed by atoms with E-state index in [9.17, 15) is 4.79 Å². The van der Waals surface area contributed by atoms with Gasteiger partial charge in [-0.2, -0.15) is 0 Å². The van der Waals surface area contributed by atoms with Crippen molar-refractivity contribution in [2.45, 2.75) is 0 Å². The largest absolute Gasteiger partial charge is 0.496 e. The highest BCUT2D eigenvalue weighted by Crippen LogP contribution is 2.28. The summed E-state index contributed by atoms with van der Waals surface area (Å²) in [4.78, 5) is 12.7. The van der Waals surface area contributed by atoms with Crippen LogP contribution in [0, 0.1) is 0 Å². The van der Waals surface area contributed by atoms with E-state index in [4.69, 9.17) is 14.2 Å². The number of methoxy groups -OCH3 is 1. The van der Waals surface area contributed by atoms with Crippen molar-refractivity contribution >= 4 is 16.7 Å². The number of rotatable bonds is 5. The molecule has 4 nitrogen and oxygen atoms in total. The maximum absolute atomic E-state index is 12.7. The number of ether oxygens (including phenoxy) is 3. The lowest BCUT2D eigenvalue weighted by Crippen LogP contribution is -2.10. The molecule has 0 bridgehead atoms. The Kier molecular flexibility index (Phi) is 4.93. The Balaban J connectivity index is 1.52. The number of fused-ring (bicyclic) bond motifs is 1. The summed E-state index contributed by atoms with van der Waals surface area (Å²) >= 11 is 0. The van der Waals surface area contributed by atoms with Gasteiger partial charge in [0.25, 0.3) is 0 Å². The maximum atomic E-state index is 12.7. The van der Waals surface area contributed by atoms with E-state index in [1.54, 1.807) is 30.3 Å². The Morgan fingerprint density at radius 2 is 1.25 bits per heavy atom. The molecule has 0 heterocycles. The molecule has 0 fully saturated rings. The summed E-state index contributed by atoms with van der Waals surface area (Å²) < 4.78 is 16.6. The van der Waals surface area contributed by atoms with Crippen LogP contribution >= 0.6 is 0 Å². The normalized spacial score (nSPS) is 10.5. The third-order valence-electron chi connectivity index (χ3n) is 4.30. The van der Waals surface area contributed by atoms with Gasteiger partial charge < -0.3 is 14.2 Å². The van der Waals surface area contributed by atoms with Gasteiger partial charge in [-0.25, -0.2) is 4.79 Å². The molecule has 0 saturated heterocycles. The van der Waals surface area contributed by atoms with Gasteiger partial charge in [-0.3, -0.25) is 0 Å². The van der Waals surface area contributed by atoms with E-state index in [0.717, 1.165) is 16.5 Å². The van der Waals surface area contributed by atoms with E-state index in [-0.39, 0.29) is 0 Å². The van der Waals surface area contributed by atoms with Crippen LogP contribution in [-0.4, -0.2) is 13.1 Å². The van der Waals surface area contributed by atoms with Crippen molar-refractivity contribution in [3.63, 3.8) is 0 Å². The van der Waals surface area contributed by atoms with Crippen LogP contribution in [0.1, 0.15) is 10.4 Å². The molecule has 4 heteroatoms. The fourth-order valence-corrected chi connectivity index (χ4v) is 2.91. The van der Waals surface area contributed by atoms with Gasteiger partial charge in [-0.15, -0.1) is 0 Å². The van der Waals surface area contributed by atoms with Crippen LogP contribution in [0.5, 0.6) is 23.0 Å². The van der Waals surface area contributed by atoms with E-state index in [2.05, 4.69) is 0 Å². The van der Waals surface area contributed by atoms with Crippen LogP contribution < -0.4 is 14.2 Å². The van der Waals surface area contributed by atoms with Crippen LogP contribution in [0.3, 0.4) is 0 Å². The second-order valence-corrected chi connectivity index (χ2v) is 6.18. The zero-order valence-electron chi connectivity index (χ0n) is 15.3. The highest BCUT2D eigenvalue weighted by atomic mass is 16.5. The highest BCUT2D eigenvalue weighted by Gasteiger charge is 2.16. The average molecular weight is 370 g/mol. The summed E-state index contributed by atoms with van der Waals surface area (Å²) in [6.07, 6.45) is 0. The Bertz CT molecular complexity index is 1100. The smallest absolute Gasteiger partial charge is 0.347 e. The first-order valence-electron chi connectivity index (χ1n) is 8.85. The van der Waals surface area contributed by atoms with Crippen molar-refractivity contribution in [1.29, 1.82) is 0 Å². The zero-order valence-corrected chi connectivity index (χ0v) is 15.3. The molecule has 0 spiro atoms. The summed E-state index contributed by atoms with van der Waals surface area (Å²) in [5, 5.41) is 1.94. The molecule has 4 aromatic rings. The van der Waals surface area contributed by atoms with Crippen molar-refractivity contribution in [2.24, 2.45) is 0 Å². The van der Waals surface area contributed by atoms with Gasteiger partial charge in [0, 0.05) is 0 Å². The topological polar surface area (TPSA) is 44.8 Å². The molecule has 0 atom stereocenters. The van der Waals surface area contributed by atoms with E-state index in [1.807, 2.05) is 60.7 Å². The first-order valence-corrected chi connectivity index (χ1v) is 8.85. The predicted octanol–water partition coefficient (Wildman–Crippen LogP) is 5.86. The minimum Gasteiger partial charge on any atom is -0.496 e. The lowest BCUT2D eigenvalue weighted by molar-refractivity contribution is 0.0731. The van der Waals surface area contributed by atoms with Crippen molar-refractivity contribution in [3.8, 4) is 23.0 Å². The molecule has 4 rings (SSSR count). The lowest BCUT2D eigenvalue weighted by atomic mass is 10.1. The molecule has 0 unspecified atom stereocenters. The molecule has 28 heavy (non-hydrogen) atoms. The van der Waals surface area contributed by atoms with Crippen molar-refractivity contribution in [3.05, 3.63) is 96.6 Å². The summed E-state index contributed by atoms with van der Waals surface area (Å²) in [6.45, 7) is 0. The predicted molar refractivity (Wildman–Crippen MR) is 108 cm³/mol. The molecular weight excluding hydrogens is 352 g/mol. The minimum atomic E-state index is -0.473. The third kappa shape index (κ3) is 3.81. The molecule has 0 N–H and O–H groups in total. The van der Waals surface area contributed by atoms with E-state index < -0.39 is 5.97 Å². The van der Waals surface area contributed by atoms with Crippen LogP contribution in [0.25, 0.3) is 10.8 Å². The SMILES string of the molecule is COc1cc2ccccc2cc1C(=O)Oc1ccc(Oc2ccccc2)cc1. The Labute approximate surface area is 162 Å². The molecule has 0 aliphatic rings. The number of carbonyl (C=O) groups is 1. The second-order valence-electron chi connectivity index (χ2n) is 6.18. The van der Waals surface area contributed by atoms with E-state index in [0.29, 0.717) is 22.8 Å². The molecule has 0 aromatic heterocycles. The molecule has 0 aliphatic carbocycles. The van der Waals surface area contributed by atoms with Gasteiger partial charge in [0.1, 0.15) is 28.6 Å². The number of benzene rings is 4. The molecule has 0 radical (unpaired) electrons. The van der Waals surface area contributed by atoms with Gasteiger partial charge >= 0.3 is 5.97 Å². The number of carbonyl (C=O) groups excluding carboxylic acids is 1. The minimum absolute atomic E-state index is 0.380. The number of para-hydroxylation sites is 1. The summed E-state index contributed by atoms with van der Waals surface area (Å²) in [6, 6.07) is 27.8. The molecule has 0 amide bonds. The van der Waals surface area contributed by atoms with E-state index in [1.165, 1.54) is 7.11 Å². The molecule has 138 valence electrons. The highest BCUT2D eigenvalue weighted by molar-refractivity contribution is 5.99. The molecule has 0 saturated carbocycles. The number of hydrogen-bond donors (Lipinski definition) is 0. The Morgan fingerprint density at radius 1 is 0.679 bits per heavy atom. The standard InChI is InChI=1S/C24H18O4/c1-26-23-16-18-8-6-5-7-17(18)15-22(23)24(25)28-21-13-11-20(12-14-21)27-19-9-3-2-4-10-19/h2-16H,1H3. The number of hydrogen-bond acceptors (Lipinski definition) is 4. The van der Waals surface area contributed by atoms with Gasteiger partial charge in [0.2, 0.25) is 0 Å². The number of esters is 1. The monoisotopic (exact) mass is 370 g/mol. The van der Waals surface area contributed by atoms with Gasteiger partial charge in [0.05, 0.1) is 7.11 Å². The lowest BCUT2D eigenvalue weighted by Gasteiger charge is -2.11. The third-order valence-corrected chi connectivity index (χ3v) is 4.30. The average Bonchev–Trinajstić information content (AvgIpc) is 2.75. The molecule has 4 aromatic carbocycles. The summed E-state index contributed by atoms with van der Waals surface area (Å²) in [7, 11) is 1.54. The van der Waals surface area contributed by atoms with Crippen LogP contribution in [0.15, 0.2) is 91.0 Å². The van der Waals surface area contributed by atoms with Crippen LogP contribution in [-0.2, 0) is 0 Å². The van der Waals surface area contributed by atoms with Crippen molar-refractivity contribution in [2.75, 3.05) is 7.11 Å². The quantitative estimate of drug-likeness (QED) is 0.326. The van der Waals surface area contributed by atoms with Crippen LogP contribution in [0.4, 0.5) is 0 Å². The van der Waals surface area contributed by atoms with Gasteiger partial charge in [0.15, 0.2) is 0 Å². The van der Waals surface area contributed by atoms with Gasteiger partial charge in [-0.1, -0.05) is 42.5 Å². The molecular formula is C24H18O4. The molecule has 0 aliphatic heterocycles. The summed E-state index contributed by atoms with van der Waals surface area (Å²) in [5.41, 5.74) is 0.380. The van der Waals surface area contributed by atoms with E-state index >= 15 is 0 Å². The van der Waals surface area contributed by atoms with Crippen molar-refractivity contribution in [1.82, 2.24) is 0 Å². The second kappa shape index (κ2) is 7.84. The summed E-state index contributed by atoms with van der Waals surface area (Å²) in [5.74, 6) is 1.84. The fourth-order valence-electron chi connectivity index (χ4n) is 2.91. The Hall–Kier alpha value is -3.79. The maximum Gasteiger partial charge on any atom is 0.347 e. The van der Waals surface area contributed by atoms with Crippen LogP contribution in [0.2, 0.25) is 0 Å². The van der Waals surface area contributed by atoms with Gasteiger partial charge in [-0.05, 0) is 59.3 Å². The fraction of sp³-hybridized carbons (Fsp3) is 0.0417. The van der Waals surface area contributed by atoms with Crippen molar-refractivity contribution < 1.29 is 19.0 Å².